The molecule has 1 amide bonds. The van der Waals surface area contributed by atoms with E-state index in [1.807, 2.05) is 0 Å². The van der Waals surface area contributed by atoms with Gasteiger partial charge in [0.15, 0.2) is 0 Å². The monoisotopic (exact) mass is 310 g/mol. The first-order valence-electron chi connectivity index (χ1n) is 6.69. The third-order valence-electron chi connectivity index (χ3n) is 2.52. The summed E-state index contributed by atoms with van der Waals surface area (Å²) in [5.41, 5.74) is -0.457. The maximum Gasteiger partial charge on any atom is 0.292 e. The van der Waals surface area contributed by atoms with E-state index in [0.29, 0.717) is 0 Å². The number of carbonyl (C=O) groups excluding carboxylic acids is 1. The highest BCUT2D eigenvalue weighted by Crippen LogP contribution is 2.36. The van der Waals surface area contributed by atoms with E-state index < -0.39 is 10.3 Å². The lowest BCUT2D eigenvalue weighted by Crippen LogP contribution is -2.28. The Kier molecular flexibility index (Phi) is 5.04. The SMILES string of the molecule is CC(C)(C)Sc1ccc([N+](=O)[O-])c(NC(=O)C(C)(C)C)c1. The molecule has 21 heavy (non-hydrogen) atoms. The van der Waals surface area contributed by atoms with Gasteiger partial charge in [0, 0.05) is 21.1 Å². The largest absolute Gasteiger partial charge is 0.320 e. The van der Waals surface area contributed by atoms with E-state index >= 15 is 0 Å². The van der Waals surface area contributed by atoms with Gasteiger partial charge in [-0.15, -0.1) is 11.8 Å². The normalized spacial score (nSPS) is 12.1. The number of hydrogen-bond donors (Lipinski definition) is 1. The average molecular weight is 310 g/mol. The van der Waals surface area contributed by atoms with E-state index in [9.17, 15) is 14.9 Å². The van der Waals surface area contributed by atoms with Crippen LogP contribution in [0.5, 0.6) is 0 Å². The minimum atomic E-state index is -0.610. The Morgan fingerprint density at radius 3 is 2.19 bits per heavy atom. The molecule has 0 spiro atoms. The predicted molar refractivity (Wildman–Crippen MR) is 86.8 cm³/mol. The zero-order valence-corrected chi connectivity index (χ0v) is 14.1. The summed E-state index contributed by atoms with van der Waals surface area (Å²) in [4.78, 5) is 23.6. The first-order chi connectivity index (χ1) is 9.40. The Balaban J connectivity index is 3.16. The number of anilines is 1. The first kappa shape index (κ1) is 17.5. The van der Waals surface area contributed by atoms with Crippen molar-refractivity contribution >= 4 is 29.0 Å². The minimum Gasteiger partial charge on any atom is -0.320 e. The fourth-order valence-electron chi connectivity index (χ4n) is 1.50. The highest BCUT2D eigenvalue weighted by molar-refractivity contribution is 8.00. The van der Waals surface area contributed by atoms with Gasteiger partial charge in [-0.1, -0.05) is 41.5 Å². The topological polar surface area (TPSA) is 72.2 Å². The van der Waals surface area contributed by atoms with Gasteiger partial charge in [0.1, 0.15) is 5.69 Å². The van der Waals surface area contributed by atoms with Crippen molar-refractivity contribution in [3.63, 3.8) is 0 Å². The highest BCUT2D eigenvalue weighted by atomic mass is 32.2. The van der Waals surface area contributed by atoms with Crippen molar-refractivity contribution in [2.75, 3.05) is 5.32 Å². The molecule has 0 bridgehead atoms. The fourth-order valence-corrected chi connectivity index (χ4v) is 2.52. The summed E-state index contributed by atoms with van der Waals surface area (Å²) in [7, 11) is 0. The summed E-state index contributed by atoms with van der Waals surface area (Å²) in [6, 6.07) is 4.81. The number of amides is 1. The standard InChI is InChI=1S/C15H22N2O3S/c1-14(2,3)13(18)16-11-9-10(21-15(4,5)6)7-8-12(11)17(19)20/h7-9H,1-6H3,(H,16,18). The second-order valence-corrected chi connectivity index (χ2v) is 8.75. The molecule has 1 rings (SSSR count). The quantitative estimate of drug-likeness (QED) is 0.508. The molecule has 0 saturated heterocycles. The van der Waals surface area contributed by atoms with Crippen molar-refractivity contribution in [1.82, 2.24) is 0 Å². The maximum atomic E-state index is 12.1. The van der Waals surface area contributed by atoms with Crippen LogP contribution in [-0.4, -0.2) is 15.6 Å². The van der Waals surface area contributed by atoms with Gasteiger partial charge in [-0.3, -0.25) is 14.9 Å². The average Bonchev–Trinajstić information content (AvgIpc) is 2.24. The van der Waals surface area contributed by atoms with E-state index in [-0.39, 0.29) is 22.0 Å². The van der Waals surface area contributed by atoms with Crippen molar-refractivity contribution in [3.8, 4) is 0 Å². The Morgan fingerprint density at radius 1 is 1.19 bits per heavy atom. The zero-order valence-electron chi connectivity index (χ0n) is 13.3. The number of benzene rings is 1. The predicted octanol–water partition coefficient (Wildman–Crippen LogP) is 4.47. The van der Waals surface area contributed by atoms with E-state index in [0.717, 1.165) is 4.90 Å². The van der Waals surface area contributed by atoms with E-state index in [1.165, 1.54) is 6.07 Å². The van der Waals surface area contributed by atoms with Crippen LogP contribution in [0.1, 0.15) is 41.5 Å². The summed E-state index contributed by atoms with van der Waals surface area (Å²) < 4.78 is -0.0125. The molecule has 5 nitrogen and oxygen atoms in total. The Bertz CT molecular complexity index is 557. The molecule has 116 valence electrons. The van der Waals surface area contributed by atoms with Gasteiger partial charge in [-0.2, -0.15) is 0 Å². The Hall–Kier alpha value is -1.56. The first-order valence-corrected chi connectivity index (χ1v) is 7.51. The molecule has 1 N–H and O–H groups in total. The summed E-state index contributed by atoms with van der Waals surface area (Å²) in [6.07, 6.45) is 0. The molecule has 0 aromatic heterocycles. The Labute approximate surface area is 129 Å². The van der Waals surface area contributed by atoms with E-state index in [1.54, 1.807) is 44.7 Å². The molecule has 0 unspecified atom stereocenters. The van der Waals surface area contributed by atoms with Crippen molar-refractivity contribution in [3.05, 3.63) is 28.3 Å². The Morgan fingerprint density at radius 2 is 1.76 bits per heavy atom. The number of hydrogen-bond acceptors (Lipinski definition) is 4. The molecule has 0 aliphatic rings. The van der Waals surface area contributed by atoms with Crippen LogP contribution < -0.4 is 5.32 Å². The van der Waals surface area contributed by atoms with Crippen LogP contribution in [0, 0.1) is 15.5 Å². The second-order valence-electron chi connectivity index (χ2n) is 6.85. The maximum absolute atomic E-state index is 12.1. The van der Waals surface area contributed by atoms with Crippen LogP contribution in [0.15, 0.2) is 23.1 Å². The van der Waals surface area contributed by atoms with Gasteiger partial charge in [-0.25, -0.2) is 0 Å². The fraction of sp³-hybridized carbons (Fsp3) is 0.533. The van der Waals surface area contributed by atoms with Crippen molar-refractivity contribution in [1.29, 1.82) is 0 Å². The van der Waals surface area contributed by atoms with Crippen LogP contribution >= 0.6 is 11.8 Å². The van der Waals surface area contributed by atoms with E-state index in [4.69, 9.17) is 0 Å². The molecule has 0 atom stereocenters. The molecule has 0 aliphatic carbocycles. The molecule has 0 fully saturated rings. The van der Waals surface area contributed by atoms with Gasteiger partial charge in [-0.05, 0) is 12.1 Å². The summed E-state index contributed by atoms with van der Waals surface area (Å²) in [5.74, 6) is -0.247. The molecule has 0 radical (unpaired) electrons. The van der Waals surface area contributed by atoms with Crippen molar-refractivity contribution in [2.45, 2.75) is 51.2 Å². The third-order valence-corrected chi connectivity index (χ3v) is 3.62. The number of thioether (sulfide) groups is 1. The smallest absolute Gasteiger partial charge is 0.292 e. The van der Waals surface area contributed by atoms with Gasteiger partial charge in [0.25, 0.3) is 5.69 Å². The zero-order chi connectivity index (χ0) is 16.4. The van der Waals surface area contributed by atoms with Crippen molar-refractivity contribution < 1.29 is 9.72 Å². The number of nitrogens with zero attached hydrogens (tertiary/aromatic N) is 1. The van der Waals surface area contributed by atoms with Crippen molar-refractivity contribution in [2.24, 2.45) is 5.41 Å². The highest BCUT2D eigenvalue weighted by Gasteiger charge is 2.25. The van der Waals surface area contributed by atoms with Crippen LogP contribution in [0.4, 0.5) is 11.4 Å². The molecule has 6 heteroatoms. The lowest BCUT2D eigenvalue weighted by atomic mass is 9.95. The molecule has 0 saturated carbocycles. The lowest BCUT2D eigenvalue weighted by Gasteiger charge is -2.20. The molecular weight excluding hydrogens is 288 g/mol. The van der Waals surface area contributed by atoms with Gasteiger partial charge in [0.2, 0.25) is 5.91 Å². The number of nitrogens with one attached hydrogen (secondary N) is 1. The van der Waals surface area contributed by atoms with Crippen LogP contribution in [0.2, 0.25) is 0 Å². The van der Waals surface area contributed by atoms with Gasteiger partial charge >= 0.3 is 0 Å². The van der Waals surface area contributed by atoms with Crippen LogP contribution in [-0.2, 0) is 4.79 Å². The summed E-state index contributed by atoms with van der Waals surface area (Å²) >= 11 is 1.60. The lowest BCUT2D eigenvalue weighted by molar-refractivity contribution is -0.384. The van der Waals surface area contributed by atoms with Gasteiger partial charge in [0.05, 0.1) is 4.92 Å². The van der Waals surface area contributed by atoms with E-state index in [2.05, 4.69) is 26.1 Å². The minimum absolute atomic E-state index is 0.0125. The van der Waals surface area contributed by atoms with Gasteiger partial charge < -0.3 is 5.32 Å². The summed E-state index contributed by atoms with van der Waals surface area (Å²) in [6.45, 7) is 11.5. The number of nitro groups is 1. The third kappa shape index (κ3) is 5.38. The summed E-state index contributed by atoms with van der Waals surface area (Å²) in [5, 5.41) is 13.8. The van der Waals surface area contributed by atoms with Crippen LogP contribution in [0.25, 0.3) is 0 Å². The molecular formula is C15H22N2O3S. The molecule has 0 heterocycles. The molecule has 1 aromatic rings. The number of rotatable bonds is 3. The second kappa shape index (κ2) is 6.05. The molecule has 0 aliphatic heterocycles. The molecule has 1 aromatic carbocycles. The number of nitro benzene ring substituents is 1. The van der Waals surface area contributed by atoms with Crippen LogP contribution in [0.3, 0.4) is 0 Å². The number of carbonyl (C=O) groups is 1.